The average molecular weight is 435 g/mol. The summed E-state index contributed by atoms with van der Waals surface area (Å²) in [6.45, 7) is 3.82. The third kappa shape index (κ3) is 4.94. The summed E-state index contributed by atoms with van der Waals surface area (Å²) < 4.78 is 10.2. The van der Waals surface area contributed by atoms with Crippen LogP contribution in [-0.2, 0) is 28.7 Å². The van der Waals surface area contributed by atoms with Gasteiger partial charge in [0.2, 0.25) is 5.78 Å². The minimum atomic E-state index is -1.15. The van der Waals surface area contributed by atoms with Crippen molar-refractivity contribution in [3.05, 3.63) is 77.5 Å². The first-order chi connectivity index (χ1) is 15.3. The number of esters is 2. The Hall–Kier alpha value is -3.74. The molecule has 0 aromatic heterocycles. The largest absolute Gasteiger partial charge is 0.467 e. The number of rotatable bonds is 7. The molecule has 1 heterocycles. The summed E-state index contributed by atoms with van der Waals surface area (Å²) in [5, 5.41) is 2.65. The van der Waals surface area contributed by atoms with Crippen molar-refractivity contribution in [3.8, 4) is 0 Å². The molecule has 7 nitrogen and oxygen atoms in total. The molecule has 0 saturated carbocycles. The van der Waals surface area contributed by atoms with Gasteiger partial charge in [-0.3, -0.25) is 14.4 Å². The number of ether oxygens (including phenoxy) is 2. The predicted octanol–water partition coefficient (Wildman–Crippen LogP) is 3.01. The van der Waals surface area contributed by atoms with E-state index in [1.54, 1.807) is 60.7 Å². The van der Waals surface area contributed by atoms with Gasteiger partial charge >= 0.3 is 11.9 Å². The normalized spacial score (nSPS) is 18.2. The minimum Gasteiger partial charge on any atom is -0.467 e. The quantitative estimate of drug-likeness (QED) is 0.408. The van der Waals surface area contributed by atoms with E-state index < -0.39 is 35.6 Å². The van der Waals surface area contributed by atoms with Gasteiger partial charge in [0.05, 0.1) is 12.7 Å². The Morgan fingerprint density at radius 2 is 1.59 bits per heavy atom. The van der Waals surface area contributed by atoms with Crippen LogP contribution in [0.4, 0.5) is 0 Å². The summed E-state index contributed by atoms with van der Waals surface area (Å²) in [4.78, 5) is 51.3. The van der Waals surface area contributed by atoms with E-state index in [0.29, 0.717) is 17.5 Å². The lowest BCUT2D eigenvalue weighted by molar-refractivity contribution is -0.145. The predicted molar refractivity (Wildman–Crippen MR) is 117 cm³/mol. The maximum atomic E-state index is 13.3. The van der Waals surface area contributed by atoms with E-state index >= 15 is 0 Å². The molecule has 1 aliphatic heterocycles. The highest BCUT2D eigenvalue weighted by Crippen LogP contribution is 2.34. The van der Waals surface area contributed by atoms with Crippen LogP contribution in [0.15, 0.2) is 66.4 Å². The second-order valence-electron chi connectivity index (χ2n) is 7.88. The topological polar surface area (TPSA) is 98.8 Å². The summed E-state index contributed by atoms with van der Waals surface area (Å²) in [5.41, 5.74) is 0.778. The first kappa shape index (κ1) is 22.9. The van der Waals surface area contributed by atoms with E-state index in [0.717, 1.165) is 0 Å². The summed E-state index contributed by atoms with van der Waals surface area (Å²) in [6, 6.07) is 16.0. The number of allylic oxidation sites excluding steroid dienone is 1. The number of carbonyl (C=O) groups excluding carboxylic acids is 4. The standard InChI is InChI=1S/C25H25NO6/c1-15(2)14-18(24(29)31-3)26-23(28)20(17-12-8-5-9-13-17)22-21(27)19(25(30)32-22)16-10-6-4-7-11-16/h4-13,15,18-19H,14H2,1-3H3,(H,26,28). The Morgan fingerprint density at radius 3 is 2.16 bits per heavy atom. The maximum absolute atomic E-state index is 13.3. The van der Waals surface area contributed by atoms with Crippen LogP contribution >= 0.6 is 0 Å². The van der Waals surface area contributed by atoms with Gasteiger partial charge < -0.3 is 14.8 Å². The molecule has 2 aromatic carbocycles. The lowest BCUT2D eigenvalue weighted by Gasteiger charge is -2.19. The highest BCUT2D eigenvalue weighted by atomic mass is 16.6. The molecule has 3 rings (SSSR count). The van der Waals surface area contributed by atoms with Gasteiger partial charge in [-0.15, -0.1) is 0 Å². The van der Waals surface area contributed by atoms with Crippen LogP contribution in [0.1, 0.15) is 37.3 Å². The van der Waals surface area contributed by atoms with E-state index in [1.807, 2.05) is 13.8 Å². The molecular formula is C25H25NO6. The van der Waals surface area contributed by atoms with Gasteiger partial charge in [-0.1, -0.05) is 74.5 Å². The minimum absolute atomic E-state index is 0.0972. The fourth-order valence-corrected chi connectivity index (χ4v) is 3.58. The molecular weight excluding hydrogens is 410 g/mol. The Kier molecular flexibility index (Phi) is 7.20. The number of methoxy groups -OCH3 is 1. The van der Waals surface area contributed by atoms with Crippen molar-refractivity contribution >= 4 is 29.2 Å². The zero-order valence-electron chi connectivity index (χ0n) is 18.2. The van der Waals surface area contributed by atoms with Crippen molar-refractivity contribution < 1.29 is 28.7 Å². The molecule has 32 heavy (non-hydrogen) atoms. The van der Waals surface area contributed by atoms with Crippen molar-refractivity contribution in [2.45, 2.75) is 32.2 Å². The van der Waals surface area contributed by atoms with Gasteiger partial charge in [0.1, 0.15) is 12.0 Å². The zero-order chi connectivity index (χ0) is 23.3. The van der Waals surface area contributed by atoms with Crippen molar-refractivity contribution in [2.24, 2.45) is 5.92 Å². The molecule has 1 amide bonds. The molecule has 0 spiro atoms. The van der Waals surface area contributed by atoms with Crippen molar-refractivity contribution in [1.82, 2.24) is 5.32 Å². The number of cyclic esters (lactones) is 1. The van der Waals surface area contributed by atoms with E-state index in [1.165, 1.54) is 7.11 Å². The summed E-state index contributed by atoms with van der Waals surface area (Å²) in [7, 11) is 1.24. The van der Waals surface area contributed by atoms with Crippen molar-refractivity contribution in [3.63, 3.8) is 0 Å². The SMILES string of the molecule is COC(=O)C(CC(C)C)NC(=O)C(=C1OC(=O)C(c2ccccc2)C1=O)c1ccccc1. The number of hydrogen-bond donors (Lipinski definition) is 1. The third-order valence-corrected chi connectivity index (χ3v) is 5.07. The molecule has 0 bridgehead atoms. The van der Waals surface area contributed by atoms with Gasteiger partial charge in [0.25, 0.3) is 5.91 Å². The second kappa shape index (κ2) is 10.0. The van der Waals surface area contributed by atoms with E-state index in [-0.39, 0.29) is 17.3 Å². The Balaban J connectivity index is 2.04. The number of amides is 1. The van der Waals surface area contributed by atoms with Crippen LogP contribution in [0, 0.1) is 5.92 Å². The monoisotopic (exact) mass is 435 g/mol. The summed E-state index contributed by atoms with van der Waals surface area (Å²) in [5.74, 6) is -4.03. The molecule has 1 aliphatic rings. The van der Waals surface area contributed by atoms with Crippen LogP contribution in [0.5, 0.6) is 0 Å². The molecule has 2 aromatic rings. The van der Waals surface area contributed by atoms with Crippen LogP contribution < -0.4 is 5.32 Å². The van der Waals surface area contributed by atoms with Crippen molar-refractivity contribution in [2.75, 3.05) is 7.11 Å². The fraction of sp³-hybridized carbons (Fsp3) is 0.280. The van der Waals surface area contributed by atoms with E-state index in [9.17, 15) is 19.2 Å². The number of carbonyl (C=O) groups is 4. The zero-order valence-corrected chi connectivity index (χ0v) is 18.2. The van der Waals surface area contributed by atoms with Gasteiger partial charge in [-0.2, -0.15) is 0 Å². The molecule has 2 atom stereocenters. The van der Waals surface area contributed by atoms with Gasteiger partial charge in [0.15, 0.2) is 5.76 Å². The first-order valence-corrected chi connectivity index (χ1v) is 10.3. The number of hydrogen-bond acceptors (Lipinski definition) is 6. The van der Waals surface area contributed by atoms with Gasteiger partial charge in [0, 0.05) is 0 Å². The fourth-order valence-electron chi connectivity index (χ4n) is 3.58. The molecule has 7 heteroatoms. The highest BCUT2D eigenvalue weighted by Gasteiger charge is 2.44. The lowest BCUT2D eigenvalue weighted by Crippen LogP contribution is -2.43. The first-order valence-electron chi connectivity index (χ1n) is 10.3. The number of benzene rings is 2. The van der Waals surface area contributed by atoms with Crippen LogP contribution in [0.3, 0.4) is 0 Å². The van der Waals surface area contributed by atoms with E-state index in [4.69, 9.17) is 9.47 Å². The molecule has 0 radical (unpaired) electrons. The van der Waals surface area contributed by atoms with Crippen LogP contribution in [0.2, 0.25) is 0 Å². The van der Waals surface area contributed by atoms with Gasteiger partial charge in [-0.05, 0) is 23.5 Å². The highest BCUT2D eigenvalue weighted by molar-refractivity contribution is 6.30. The Morgan fingerprint density at radius 1 is 1.00 bits per heavy atom. The molecule has 0 aliphatic carbocycles. The molecule has 1 N–H and O–H groups in total. The number of nitrogens with one attached hydrogen (secondary N) is 1. The Labute approximate surface area is 186 Å². The Bertz CT molecular complexity index is 1040. The third-order valence-electron chi connectivity index (χ3n) is 5.07. The van der Waals surface area contributed by atoms with Crippen LogP contribution in [0.25, 0.3) is 5.57 Å². The number of Topliss-reactive ketones (excluding diaryl/α,β-unsaturated/α-hetero) is 1. The molecule has 1 fully saturated rings. The maximum Gasteiger partial charge on any atom is 0.328 e. The van der Waals surface area contributed by atoms with Gasteiger partial charge in [-0.25, -0.2) is 4.79 Å². The summed E-state index contributed by atoms with van der Waals surface area (Å²) >= 11 is 0. The average Bonchev–Trinajstić information content (AvgIpc) is 3.07. The van der Waals surface area contributed by atoms with Crippen LogP contribution in [-0.4, -0.2) is 36.8 Å². The summed E-state index contributed by atoms with van der Waals surface area (Å²) in [6.07, 6.45) is 0.343. The van der Waals surface area contributed by atoms with Crippen molar-refractivity contribution in [1.29, 1.82) is 0 Å². The molecule has 166 valence electrons. The number of ketones is 1. The van der Waals surface area contributed by atoms with E-state index in [2.05, 4.69) is 5.32 Å². The smallest absolute Gasteiger partial charge is 0.328 e. The second-order valence-corrected chi connectivity index (χ2v) is 7.88. The lowest BCUT2D eigenvalue weighted by atomic mass is 9.93. The molecule has 1 saturated heterocycles. The molecule has 2 unspecified atom stereocenters.